The van der Waals surface area contributed by atoms with E-state index in [0.29, 0.717) is 6.04 Å². The van der Waals surface area contributed by atoms with E-state index in [1.807, 2.05) is 0 Å². The summed E-state index contributed by atoms with van der Waals surface area (Å²) in [6, 6.07) is 0.573. The second kappa shape index (κ2) is 11.4. The highest BCUT2D eigenvalue weighted by Gasteiger charge is 2.07. The summed E-state index contributed by atoms with van der Waals surface area (Å²) in [7, 11) is 0. The molecule has 3 N–H and O–H groups in total. The molecule has 0 unspecified atom stereocenters. The van der Waals surface area contributed by atoms with Crippen molar-refractivity contribution in [3.8, 4) is 0 Å². The van der Waals surface area contributed by atoms with Gasteiger partial charge in [0.2, 0.25) is 0 Å². The minimum atomic E-state index is 0.573. The third-order valence-corrected chi connectivity index (χ3v) is 2.69. The summed E-state index contributed by atoms with van der Waals surface area (Å²) in [5, 5.41) is 3.17. The van der Waals surface area contributed by atoms with Crippen LogP contribution >= 0.6 is 0 Å². The van der Waals surface area contributed by atoms with Crippen LogP contribution in [-0.4, -0.2) is 43.7 Å². The summed E-state index contributed by atoms with van der Waals surface area (Å²) in [6.07, 6.45) is 5.64. The van der Waals surface area contributed by atoms with Crippen molar-refractivity contribution >= 4 is 0 Å². The standard InChI is InChI=1S/C8H17N.C5H14N2/c1-2-6-9-7-4-3-5-8-9;1-5(2)7-4-3-6/h2-8H2,1H3;5,7H,3-4,6H2,1-2H3. The highest BCUT2D eigenvalue weighted by molar-refractivity contribution is 4.62. The predicted molar refractivity (Wildman–Crippen MR) is 72.8 cm³/mol. The molecule has 3 nitrogen and oxygen atoms in total. The molecule has 0 spiro atoms. The van der Waals surface area contributed by atoms with Gasteiger partial charge in [0.05, 0.1) is 0 Å². The molecular formula is C13H31N3. The highest BCUT2D eigenvalue weighted by Crippen LogP contribution is 2.07. The van der Waals surface area contributed by atoms with E-state index in [4.69, 9.17) is 5.73 Å². The average Bonchev–Trinajstić information content (AvgIpc) is 2.29. The first-order valence-electron chi connectivity index (χ1n) is 6.86. The first kappa shape index (κ1) is 15.9. The summed E-state index contributed by atoms with van der Waals surface area (Å²) < 4.78 is 0. The van der Waals surface area contributed by atoms with Gasteiger partial charge in [0.1, 0.15) is 0 Å². The maximum absolute atomic E-state index is 5.21. The van der Waals surface area contributed by atoms with Crippen molar-refractivity contribution in [1.29, 1.82) is 0 Å². The SMILES string of the molecule is CC(C)NCCN.CCCN1CCCCC1. The molecular weight excluding hydrogens is 198 g/mol. The van der Waals surface area contributed by atoms with Crippen LogP contribution in [0.5, 0.6) is 0 Å². The number of hydrogen-bond acceptors (Lipinski definition) is 3. The first-order chi connectivity index (χ1) is 7.70. The number of piperidine rings is 1. The van der Waals surface area contributed by atoms with Crippen LogP contribution < -0.4 is 11.1 Å². The maximum Gasteiger partial charge on any atom is 0.00768 e. The molecule has 1 aliphatic rings. The number of likely N-dealkylation sites (tertiary alicyclic amines) is 1. The molecule has 16 heavy (non-hydrogen) atoms. The Kier molecular flexibility index (Phi) is 11.3. The quantitative estimate of drug-likeness (QED) is 0.755. The van der Waals surface area contributed by atoms with Gasteiger partial charge >= 0.3 is 0 Å². The zero-order valence-electron chi connectivity index (χ0n) is 11.5. The van der Waals surface area contributed by atoms with E-state index in [2.05, 4.69) is 31.0 Å². The summed E-state index contributed by atoms with van der Waals surface area (Å²) in [5.74, 6) is 0. The molecule has 0 aromatic heterocycles. The van der Waals surface area contributed by atoms with E-state index in [1.54, 1.807) is 0 Å². The smallest absolute Gasteiger partial charge is 0.00768 e. The van der Waals surface area contributed by atoms with E-state index >= 15 is 0 Å². The number of rotatable bonds is 5. The molecule has 0 aromatic carbocycles. The normalized spacial score (nSPS) is 17.1. The zero-order chi connectivity index (χ0) is 12.2. The van der Waals surface area contributed by atoms with Crippen LogP contribution in [0, 0.1) is 0 Å². The van der Waals surface area contributed by atoms with E-state index in [9.17, 15) is 0 Å². The lowest BCUT2D eigenvalue weighted by Crippen LogP contribution is -2.30. The maximum atomic E-state index is 5.21. The molecule has 0 aromatic rings. The zero-order valence-corrected chi connectivity index (χ0v) is 11.5. The predicted octanol–water partition coefficient (Wildman–Crippen LogP) is 1.83. The average molecular weight is 229 g/mol. The van der Waals surface area contributed by atoms with Gasteiger partial charge in [0.25, 0.3) is 0 Å². The summed E-state index contributed by atoms with van der Waals surface area (Å²) >= 11 is 0. The number of nitrogens with zero attached hydrogens (tertiary/aromatic N) is 1. The molecule has 1 saturated heterocycles. The lowest BCUT2D eigenvalue weighted by atomic mass is 10.1. The molecule has 0 amide bonds. The minimum absolute atomic E-state index is 0.573. The molecule has 0 saturated carbocycles. The lowest BCUT2D eigenvalue weighted by Gasteiger charge is -2.25. The molecule has 98 valence electrons. The minimum Gasteiger partial charge on any atom is -0.329 e. The number of nitrogens with one attached hydrogen (secondary N) is 1. The largest absolute Gasteiger partial charge is 0.329 e. The van der Waals surface area contributed by atoms with Crippen molar-refractivity contribution in [2.45, 2.75) is 52.5 Å². The molecule has 0 aliphatic carbocycles. The lowest BCUT2D eigenvalue weighted by molar-refractivity contribution is 0.229. The molecule has 1 aliphatic heterocycles. The van der Waals surface area contributed by atoms with Crippen molar-refractivity contribution in [3.05, 3.63) is 0 Å². The van der Waals surface area contributed by atoms with E-state index in [-0.39, 0.29) is 0 Å². The molecule has 0 atom stereocenters. The fourth-order valence-corrected chi connectivity index (χ4v) is 1.87. The van der Waals surface area contributed by atoms with Crippen LogP contribution in [0.15, 0.2) is 0 Å². The molecule has 0 radical (unpaired) electrons. The van der Waals surface area contributed by atoms with E-state index in [1.165, 1.54) is 45.3 Å². The van der Waals surface area contributed by atoms with Crippen LogP contribution in [0.25, 0.3) is 0 Å². The summed E-state index contributed by atoms with van der Waals surface area (Å²) in [6.45, 7) is 12.2. The van der Waals surface area contributed by atoms with Crippen molar-refractivity contribution in [1.82, 2.24) is 10.2 Å². The van der Waals surface area contributed by atoms with Gasteiger partial charge in [-0.25, -0.2) is 0 Å². The van der Waals surface area contributed by atoms with Crippen LogP contribution in [0.2, 0.25) is 0 Å². The van der Waals surface area contributed by atoms with Crippen molar-refractivity contribution in [2.75, 3.05) is 32.7 Å². The summed E-state index contributed by atoms with van der Waals surface area (Å²) in [4.78, 5) is 2.57. The Hall–Kier alpha value is -0.120. The van der Waals surface area contributed by atoms with Crippen LogP contribution in [0.4, 0.5) is 0 Å². The van der Waals surface area contributed by atoms with Crippen molar-refractivity contribution in [2.24, 2.45) is 5.73 Å². The van der Waals surface area contributed by atoms with Gasteiger partial charge in [-0.2, -0.15) is 0 Å². The Morgan fingerprint density at radius 1 is 1.19 bits per heavy atom. The van der Waals surface area contributed by atoms with Crippen molar-refractivity contribution < 1.29 is 0 Å². The first-order valence-corrected chi connectivity index (χ1v) is 6.86. The topological polar surface area (TPSA) is 41.3 Å². The van der Waals surface area contributed by atoms with Crippen LogP contribution in [-0.2, 0) is 0 Å². The van der Waals surface area contributed by atoms with Gasteiger partial charge < -0.3 is 16.0 Å². The molecule has 1 fully saturated rings. The highest BCUT2D eigenvalue weighted by atomic mass is 15.1. The molecule has 3 heteroatoms. The molecule has 0 bridgehead atoms. The van der Waals surface area contributed by atoms with E-state index < -0.39 is 0 Å². The Bertz CT molecular complexity index is 128. The van der Waals surface area contributed by atoms with Gasteiger partial charge in [-0.05, 0) is 38.9 Å². The Morgan fingerprint density at radius 3 is 2.19 bits per heavy atom. The third-order valence-electron chi connectivity index (χ3n) is 2.69. The van der Waals surface area contributed by atoms with Gasteiger partial charge in [0, 0.05) is 19.1 Å². The second-order valence-electron chi connectivity index (χ2n) is 4.80. The van der Waals surface area contributed by atoms with Gasteiger partial charge in [0.15, 0.2) is 0 Å². The third kappa shape index (κ3) is 10.4. The summed E-state index contributed by atoms with van der Waals surface area (Å²) in [5.41, 5.74) is 5.21. The Morgan fingerprint density at radius 2 is 1.81 bits per heavy atom. The van der Waals surface area contributed by atoms with Crippen LogP contribution in [0.3, 0.4) is 0 Å². The second-order valence-corrected chi connectivity index (χ2v) is 4.80. The Labute approximate surface area is 102 Å². The molecule has 1 heterocycles. The number of nitrogens with two attached hydrogens (primary N) is 1. The van der Waals surface area contributed by atoms with Crippen LogP contribution in [0.1, 0.15) is 46.5 Å². The fraction of sp³-hybridized carbons (Fsp3) is 1.00. The van der Waals surface area contributed by atoms with E-state index in [0.717, 1.165) is 13.1 Å². The number of hydrogen-bond donors (Lipinski definition) is 2. The van der Waals surface area contributed by atoms with Gasteiger partial charge in [-0.3, -0.25) is 0 Å². The fourth-order valence-electron chi connectivity index (χ4n) is 1.87. The van der Waals surface area contributed by atoms with Crippen molar-refractivity contribution in [3.63, 3.8) is 0 Å². The Balaban J connectivity index is 0.000000293. The molecule has 1 rings (SSSR count). The van der Waals surface area contributed by atoms with Gasteiger partial charge in [-0.1, -0.05) is 27.2 Å². The van der Waals surface area contributed by atoms with Gasteiger partial charge in [-0.15, -0.1) is 0 Å². The monoisotopic (exact) mass is 229 g/mol.